The summed E-state index contributed by atoms with van der Waals surface area (Å²) in [5, 5.41) is 7.00. The minimum absolute atomic E-state index is 0.124. The number of carbonyl (C=O) groups excluding carboxylic acids is 2. The molecule has 0 aromatic heterocycles. The molecule has 2 amide bonds. The zero-order valence-corrected chi connectivity index (χ0v) is 16.3. The molecule has 5 nitrogen and oxygen atoms in total. The van der Waals surface area contributed by atoms with Crippen molar-refractivity contribution in [2.75, 3.05) is 0 Å². The van der Waals surface area contributed by atoms with Crippen molar-refractivity contribution in [3.63, 3.8) is 0 Å². The number of nitrogens with one attached hydrogen (secondary N) is 2. The van der Waals surface area contributed by atoms with Gasteiger partial charge in [0, 0.05) is 11.3 Å². The van der Waals surface area contributed by atoms with Crippen molar-refractivity contribution in [3.05, 3.63) is 71.8 Å². The number of hydrazone groups is 1. The molecular formula is C22H27N3O2. The minimum atomic E-state index is -0.465. The molecule has 0 aliphatic heterocycles. The summed E-state index contributed by atoms with van der Waals surface area (Å²) in [4.78, 5) is 24.8. The minimum Gasteiger partial charge on any atom is -0.351 e. The van der Waals surface area contributed by atoms with Crippen LogP contribution >= 0.6 is 0 Å². The second-order valence-electron chi connectivity index (χ2n) is 7.55. The van der Waals surface area contributed by atoms with Crippen LogP contribution in [0.2, 0.25) is 0 Å². The van der Waals surface area contributed by atoms with Gasteiger partial charge in [-0.15, -0.1) is 0 Å². The molecule has 142 valence electrons. The van der Waals surface area contributed by atoms with E-state index < -0.39 is 5.92 Å². The Kier molecular flexibility index (Phi) is 6.88. The lowest BCUT2D eigenvalue weighted by atomic mass is 9.91. The van der Waals surface area contributed by atoms with Crippen molar-refractivity contribution in [1.29, 1.82) is 0 Å². The molecule has 0 radical (unpaired) electrons. The van der Waals surface area contributed by atoms with Gasteiger partial charge in [-0.2, -0.15) is 5.10 Å². The fraction of sp³-hybridized carbons (Fsp3) is 0.318. The summed E-state index contributed by atoms with van der Waals surface area (Å²) in [6.07, 6.45) is 0.138. The van der Waals surface area contributed by atoms with Crippen LogP contribution < -0.4 is 10.7 Å². The Labute approximate surface area is 160 Å². The van der Waals surface area contributed by atoms with E-state index in [2.05, 4.69) is 15.8 Å². The monoisotopic (exact) mass is 365 g/mol. The molecule has 5 heteroatoms. The molecule has 0 heterocycles. The Hall–Kier alpha value is -2.95. The van der Waals surface area contributed by atoms with Gasteiger partial charge in [0.1, 0.15) is 0 Å². The van der Waals surface area contributed by atoms with Crippen LogP contribution in [0.3, 0.4) is 0 Å². The second-order valence-corrected chi connectivity index (χ2v) is 7.55. The average Bonchev–Trinajstić information content (AvgIpc) is 2.60. The van der Waals surface area contributed by atoms with Crippen LogP contribution in [0, 0.1) is 0 Å². The fourth-order valence-corrected chi connectivity index (χ4v) is 2.74. The molecule has 2 aromatic rings. The van der Waals surface area contributed by atoms with Gasteiger partial charge >= 0.3 is 0 Å². The third kappa shape index (κ3) is 6.70. The summed E-state index contributed by atoms with van der Waals surface area (Å²) in [6, 6.07) is 19.1. The lowest BCUT2D eigenvalue weighted by molar-refractivity contribution is -0.122. The fourth-order valence-electron chi connectivity index (χ4n) is 2.74. The van der Waals surface area contributed by atoms with Crippen molar-refractivity contribution in [1.82, 2.24) is 10.7 Å². The molecule has 0 atom stereocenters. The van der Waals surface area contributed by atoms with E-state index in [-0.39, 0.29) is 23.8 Å². The van der Waals surface area contributed by atoms with E-state index in [4.69, 9.17) is 0 Å². The zero-order valence-electron chi connectivity index (χ0n) is 16.3. The summed E-state index contributed by atoms with van der Waals surface area (Å²) in [7, 11) is 0. The van der Waals surface area contributed by atoms with Gasteiger partial charge in [-0.05, 0) is 38.8 Å². The van der Waals surface area contributed by atoms with Gasteiger partial charge in [0.05, 0.1) is 12.3 Å². The van der Waals surface area contributed by atoms with Crippen LogP contribution in [-0.4, -0.2) is 23.1 Å². The Morgan fingerprint density at radius 2 is 1.41 bits per heavy atom. The number of benzene rings is 2. The molecule has 2 N–H and O–H groups in total. The highest BCUT2D eigenvalue weighted by molar-refractivity contribution is 6.00. The third-order valence-corrected chi connectivity index (χ3v) is 3.82. The summed E-state index contributed by atoms with van der Waals surface area (Å²) in [5.74, 6) is -0.823. The van der Waals surface area contributed by atoms with E-state index in [0.717, 1.165) is 11.1 Å². The van der Waals surface area contributed by atoms with Crippen LogP contribution in [0.25, 0.3) is 0 Å². The number of nitrogens with zero attached hydrogens (tertiary/aromatic N) is 1. The molecule has 0 bridgehead atoms. The van der Waals surface area contributed by atoms with Crippen LogP contribution in [0.5, 0.6) is 0 Å². The van der Waals surface area contributed by atoms with Gasteiger partial charge in [0.2, 0.25) is 5.91 Å². The van der Waals surface area contributed by atoms with Crippen LogP contribution in [0.1, 0.15) is 51.2 Å². The molecule has 0 aliphatic carbocycles. The maximum Gasteiger partial charge on any atom is 0.252 e. The number of hydrogen-bond acceptors (Lipinski definition) is 3. The first-order valence-electron chi connectivity index (χ1n) is 9.00. The summed E-state index contributed by atoms with van der Waals surface area (Å²) in [6.45, 7) is 7.49. The van der Waals surface area contributed by atoms with E-state index in [1.54, 1.807) is 6.92 Å². The van der Waals surface area contributed by atoms with Crippen molar-refractivity contribution >= 4 is 17.5 Å². The van der Waals surface area contributed by atoms with Gasteiger partial charge in [0.25, 0.3) is 5.91 Å². The Morgan fingerprint density at radius 3 is 1.85 bits per heavy atom. The van der Waals surface area contributed by atoms with Crippen molar-refractivity contribution in [2.45, 2.75) is 45.6 Å². The maximum atomic E-state index is 12.8. The molecule has 0 unspecified atom stereocenters. The first-order chi connectivity index (χ1) is 12.8. The quantitative estimate of drug-likeness (QED) is 0.606. The van der Waals surface area contributed by atoms with Gasteiger partial charge < -0.3 is 5.32 Å². The van der Waals surface area contributed by atoms with Crippen molar-refractivity contribution in [2.24, 2.45) is 5.10 Å². The second kappa shape index (κ2) is 9.12. The maximum absolute atomic E-state index is 12.8. The van der Waals surface area contributed by atoms with E-state index in [0.29, 0.717) is 5.71 Å². The average molecular weight is 365 g/mol. The van der Waals surface area contributed by atoms with E-state index >= 15 is 0 Å². The van der Waals surface area contributed by atoms with Gasteiger partial charge in [-0.1, -0.05) is 60.7 Å². The molecule has 0 fully saturated rings. The van der Waals surface area contributed by atoms with Crippen molar-refractivity contribution in [3.8, 4) is 0 Å². The highest BCUT2D eigenvalue weighted by atomic mass is 16.2. The highest BCUT2D eigenvalue weighted by Crippen LogP contribution is 2.24. The number of carbonyl (C=O) groups is 2. The van der Waals surface area contributed by atoms with E-state index in [1.165, 1.54) is 0 Å². The van der Waals surface area contributed by atoms with Crippen LogP contribution in [-0.2, 0) is 9.59 Å². The number of rotatable bonds is 6. The molecule has 0 saturated carbocycles. The first-order valence-corrected chi connectivity index (χ1v) is 9.00. The molecule has 0 aliphatic rings. The lowest BCUT2D eigenvalue weighted by Crippen LogP contribution is -2.41. The molecule has 0 saturated heterocycles. The smallest absolute Gasteiger partial charge is 0.252 e. The Bertz CT molecular complexity index is 754. The number of amides is 2. The van der Waals surface area contributed by atoms with Crippen LogP contribution in [0.4, 0.5) is 0 Å². The number of hydrogen-bond donors (Lipinski definition) is 2. The highest BCUT2D eigenvalue weighted by Gasteiger charge is 2.22. The van der Waals surface area contributed by atoms with Gasteiger partial charge in [0.15, 0.2) is 0 Å². The zero-order chi connectivity index (χ0) is 19.9. The normalized spacial score (nSPS) is 12.0. The lowest BCUT2D eigenvalue weighted by Gasteiger charge is -2.20. The summed E-state index contributed by atoms with van der Waals surface area (Å²) < 4.78 is 0. The topological polar surface area (TPSA) is 70.6 Å². The Morgan fingerprint density at radius 1 is 0.926 bits per heavy atom. The van der Waals surface area contributed by atoms with Gasteiger partial charge in [-0.25, -0.2) is 5.43 Å². The van der Waals surface area contributed by atoms with E-state index in [1.807, 2.05) is 81.4 Å². The Balaban J connectivity index is 2.11. The predicted molar refractivity (Wildman–Crippen MR) is 108 cm³/mol. The standard InChI is InChI=1S/C22H27N3O2/c1-16(15-19(26)23-22(2,3)4)24-25-21(27)20(17-11-7-5-8-12-17)18-13-9-6-10-14-18/h5-14,20H,15H2,1-4H3,(H,23,26)(H,25,27)/b24-16-. The molecule has 2 rings (SSSR count). The predicted octanol–water partition coefficient (Wildman–Crippen LogP) is 3.62. The summed E-state index contributed by atoms with van der Waals surface area (Å²) in [5.41, 5.74) is 4.64. The molecular weight excluding hydrogens is 338 g/mol. The van der Waals surface area contributed by atoms with E-state index in [9.17, 15) is 9.59 Å². The van der Waals surface area contributed by atoms with Crippen molar-refractivity contribution < 1.29 is 9.59 Å². The third-order valence-electron chi connectivity index (χ3n) is 3.82. The SMILES string of the molecule is C/C(CC(=O)NC(C)(C)C)=N/NC(=O)C(c1ccccc1)c1ccccc1. The molecule has 27 heavy (non-hydrogen) atoms. The van der Waals surface area contributed by atoms with Crippen LogP contribution in [0.15, 0.2) is 65.8 Å². The van der Waals surface area contributed by atoms with Gasteiger partial charge in [-0.3, -0.25) is 9.59 Å². The molecule has 2 aromatic carbocycles. The summed E-state index contributed by atoms with van der Waals surface area (Å²) >= 11 is 0. The first kappa shape index (κ1) is 20.4. The largest absolute Gasteiger partial charge is 0.351 e. The molecule has 0 spiro atoms.